The van der Waals surface area contributed by atoms with Crippen LogP contribution in [0.5, 0.6) is 5.75 Å². The zero-order valence-corrected chi connectivity index (χ0v) is 17.6. The molecule has 0 radical (unpaired) electrons. The minimum atomic E-state index is -3.33. The Labute approximate surface area is 171 Å². The van der Waals surface area contributed by atoms with Gasteiger partial charge in [-0.3, -0.25) is 9.52 Å². The van der Waals surface area contributed by atoms with Gasteiger partial charge in [-0.25, -0.2) is 13.4 Å². The van der Waals surface area contributed by atoms with E-state index < -0.39 is 10.0 Å². The van der Waals surface area contributed by atoms with E-state index in [0.717, 1.165) is 22.6 Å². The van der Waals surface area contributed by atoms with Crippen LogP contribution in [0.1, 0.15) is 44.4 Å². The number of carbonyl (C=O) groups excluding carboxylic acids is 1. The number of para-hydroxylation sites is 1. The van der Waals surface area contributed by atoms with Gasteiger partial charge in [0.15, 0.2) is 0 Å². The molecule has 1 atom stereocenters. The quantitative estimate of drug-likeness (QED) is 0.749. The molecule has 1 aliphatic rings. The first-order valence-electron chi connectivity index (χ1n) is 9.54. The molecular weight excluding hydrogens is 390 g/mol. The minimum absolute atomic E-state index is 0.00987. The Kier molecular flexibility index (Phi) is 6.22. The van der Waals surface area contributed by atoms with Gasteiger partial charge in [-0.2, -0.15) is 5.10 Å². The summed E-state index contributed by atoms with van der Waals surface area (Å²) < 4.78 is 31.7. The standard InChI is InChI=1S/C21H25N3O4S/c1-4-28-21-9-7-6-8-18(21)20-14-19(22-24(20)15(3)25)16-10-12-17(13-11-16)23-29(26,27)5-2/h6-13,20,23H,4-5,14H2,1-3H3. The van der Waals surface area contributed by atoms with E-state index in [1.165, 1.54) is 11.9 Å². The Morgan fingerprint density at radius 1 is 1.17 bits per heavy atom. The zero-order valence-electron chi connectivity index (χ0n) is 16.8. The number of sulfonamides is 1. The monoisotopic (exact) mass is 415 g/mol. The number of hydrogen-bond donors (Lipinski definition) is 1. The summed E-state index contributed by atoms with van der Waals surface area (Å²) in [5.74, 6) is 0.603. The summed E-state index contributed by atoms with van der Waals surface area (Å²) in [7, 11) is -3.33. The van der Waals surface area contributed by atoms with Crippen LogP contribution in [0, 0.1) is 0 Å². The second kappa shape index (κ2) is 8.65. The molecule has 0 spiro atoms. The van der Waals surface area contributed by atoms with Gasteiger partial charge in [0.25, 0.3) is 0 Å². The van der Waals surface area contributed by atoms with Crippen molar-refractivity contribution in [1.82, 2.24) is 5.01 Å². The Hall–Kier alpha value is -2.87. The van der Waals surface area contributed by atoms with Gasteiger partial charge < -0.3 is 4.74 Å². The molecule has 1 heterocycles. The summed E-state index contributed by atoms with van der Waals surface area (Å²) >= 11 is 0. The molecule has 8 heteroatoms. The second-order valence-electron chi connectivity index (χ2n) is 6.68. The van der Waals surface area contributed by atoms with Gasteiger partial charge in [0, 0.05) is 24.6 Å². The van der Waals surface area contributed by atoms with Gasteiger partial charge in [0.1, 0.15) is 5.75 Å². The van der Waals surface area contributed by atoms with E-state index in [0.29, 0.717) is 18.7 Å². The second-order valence-corrected chi connectivity index (χ2v) is 8.69. The zero-order chi connectivity index (χ0) is 21.0. The molecule has 0 saturated carbocycles. The molecule has 1 unspecified atom stereocenters. The van der Waals surface area contributed by atoms with Crippen molar-refractivity contribution >= 4 is 27.3 Å². The number of nitrogens with one attached hydrogen (secondary N) is 1. The Bertz CT molecular complexity index is 1020. The third-order valence-corrected chi connectivity index (χ3v) is 5.99. The van der Waals surface area contributed by atoms with Crippen molar-refractivity contribution in [1.29, 1.82) is 0 Å². The molecule has 0 saturated heterocycles. The number of carbonyl (C=O) groups is 1. The average Bonchev–Trinajstić information content (AvgIpc) is 3.14. The maximum Gasteiger partial charge on any atom is 0.240 e. The van der Waals surface area contributed by atoms with E-state index >= 15 is 0 Å². The van der Waals surface area contributed by atoms with Crippen molar-refractivity contribution in [2.75, 3.05) is 17.1 Å². The lowest BCUT2D eigenvalue weighted by Gasteiger charge is -2.22. The molecule has 7 nitrogen and oxygen atoms in total. The van der Waals surface area contributed by atoms with Crippen LogP contribution < -0.4 is 9.46 Å². The number of benzene rings is 2. The lowest BCUT2D eigenvalue weighted by molar-refractivity contribution is -0.130. The van der Waals surface area contributed by atoms with Crippen LogP contribution in [0.25, 0.3) is 0 Å². The molecule has 0 aromatic heterocycles. The normalized spacial score (nSPS) is 16.4. The van der Waals surface area contributed by atoms with E-state index in [-0.39, 0.29) is 17.7 Å². The summed E-state index contributed by atoms with van der Waals surface area (Å²) in [6, 6.07) is 14.4. The van der Waals surface area contributed by atoms with Crippen LogP contribution in [0.3, 0.4) is 0 Å². The number of amides is 1. The van der Waals surface area contributed by atoms with Crippen molar-refractivity contribution in [2.45, 2.75) is 33.2 Å². The van der Waals surface area contributed by atoms with Gasteiger partial charge >= 0.3 is 0 Å². The maximum atomic E-state index is 12.2. The molecule has 29 heavy (non-hydrogen) atoms. The summed E-state index contributed by atoms with van der Waals surface area (Å²) in [6.45, 7) is 5.53. The number of hydrogen-bond acceptors (Lipinski definition) is 5. The van der Waals surface area contributed by atoms with Crippen LogP contribution in [0.4, 0.5) is 5.69 Å². The maximum absolute atomic E-state index is 12.2. The number of hydrazone groups is 1. The van der Waals surface area contributed by atoms with Crippen LogP contribution in [0.2, 0.25) is 0 Å². The first-order chi connectivity index (χ1) is 13.8. The van der Waals surface area contributed by atoms with E-state index in [1.54, 1.807) is 19.1 Å². The number of rotatable bonds is 7. The van der Waals surface area contributed by atoms with Crippen molar-refractivity contribution in [2.24, 2.45) is 5.10 Å². The third-order valence-electron chi connectivity index (χ3n) is 4.68. The Morgan fingerprint density at radius 2 is 1.86 bits per heavy atom. The fraction of sp³-hybridized carbons (Fsp3) is 0.333. The molecular formula is C21H25N3O4S. The predicted octanol–water partition coefficient (Wildman–Crippen LogP) is 3.54. The van der Waals surface area contributed by atoms with E-state index in [4.69, 9.17) is 4.74 Å². The number of nitrogens with zero attached hydrogens (tertiary/aromatic N) is 2. The average molecular weight is 416 g/mol. The first kappa shape index (κ1) is 20.9. The van der Waals surface area contributed by atoms with Gasteiger partial charge in [0.05, 0.1) is 24.1 Å². The van der Waals surface area contributed by atoms with Crippen LogP contribution in [-0.2, 0) is 14.8 Å². The molecule has 0 bridgehead atoms. The molecule has 1 aliphatic heterocycles. The highest BCUT2D eigenvalue weighted by molar-refractivity contribution is 7.92. The molecule has 0 aliphatic carbocycles. The summed E-state index contributed by atoms with van der Waals surface area (Å²) in [5.41, 5.74) is 3.01. The molecule has 3 rings (SSSR count). The first-order valence-corrected chi connectivity index (χ1v) is 11.2. The molecule has 0 fully saturated rings. The summed E-state index contributed by atoms with van der Waals surface area (Å²) in [6.07, 6.45) is 0.545. The minimum Gasteiger partial charge on any atom is -0.494 e. The highest BCUT2D eigenvalue weighted by atomic mass is 32.2. The van der Waals surface area contributed by atoms with Gasteiger partial charge in [0.2, 0.25) is 15.9 Å². The SMILES string of the molecule is CCOc1ccccc1C1CC(c2ccc(NS(=O)(=O)CC)cc2)=NN1C(C)=O. The molecule has 2 aromatic rings. The van der Waals surface area contributed by atoms with Crippen molar-refractivity contribution in [3.8, 4) is 5.75 Å². The van der Waals surface area contributed by atoms with Crippen molar-refractivity contribution < 1.29 is 17.9 Å². The topological polar surface area (TPSA) is 88.1 Å². The van der Waals surface area contributed by atoms with Crippen molar-refractivity contribution in [3.05, 3.63) is 59.7 Å². The third kappa shape index (κ3) is 4.76. The summed E-state index contributed by atoms with van der Waals surface area (Å²) in [5, 5.41) is 6.03. The van der Waals surface area contributed by atoms with Gasteiger partial charge in [-0.15, -0.1) is 0 Å². The smallest absolute Gasteiger partial charge is 0.240 e. The molecule has 1 N–H and O–H groups in total. The fourth-order valence-electron chi connectivity index (χ4n) is 3.24. The van der Waals surface area contributed by atoms with E-state index in [1.807, 2.05) is 43.3 Å². The highest BCUT2D eigenvalue weighted by Crippen LogP contribution is 2.37. The van der Waals surface area contributed by atoms with E-state index in [2.05, 4.69) is 9.82 Å². The van der Waals surface area contributed by atoms with Gasteiger partial charge in [-0.05, 0) is 37.6 Å². The van der Waals surface area contributed by atoms with Crippen molar-refractivity contribution in [3.63, 3.8) is 0 Å². The molecule has 1 amide bonds. The lowest BCUT2D eigenvalue weighted by Crippen LogP contribution is -2.24. The molecule has 154 valence electrons. The largest absolute Gasteiger partial charge is 0.494 e. The lowest BCUT2D eigenvalue weighted by atomic mass is 9.97. The Balaban J connectivity index is 1.87. The molecule has 2 aromatic carbocycles. The van der Waals surface area contributed by atoms with Crippen LogP contribution >= 0.6 is 0 Å². The summed E-state index contributed by atoms with van der Waals surface area (Å²) in [4.78, 5) is 12.2. The van der Waals surface area contributed by atoms with E-state index in [9.17, 15) is 13.2 Å². The fourth-order valence-corrected chi connectivity index (χ4v) is 3.88. The Morgan fingerprint density at radius 3 is 2.48 bits per heavy atom. The van der Waals surface area contributed by atoms with Crippen LogP contribution in [-0.4, -0.2) is 37.4 Å². The highest BCUT2D eigenvalue weighted by Gasteiger charge is 2.33. The van der Waals surface area contributed by atoms with Gasteiger partial charge in [-0.1, -0.05) is 30.3 Å². The number of ether oxygens (including phenoxy) is 1. The van der Waals surface area contributed by atoms with Crippen LogP contribution in [0.15, 0.2) is 53.6 Å². The predicted molar refractivity (Wildman–Crippen MR) is 114 cm³/mol. The number of anilines is 1.